The fourth-order valence-electron chi connectivity index (χ4n) is 4.26. The van der Waals surface area contributed by atoms with Gasteiger partial charge in [-0.1, -0.05) is 12.1 Å². The molecule has 1 aromatic carbocycles. The predicted molar refractivity (Wildman–Crippen MR) is 99.0 cm³/mol. The Hall–Kier alpha value is -1.43. The summed E-state index contributed by atoms with van der Waals surface area (Å²) < 4.78 is 11.8. The Morgan fingerprint density at radius 2 is 2.32 bits per heavy atom. The van der Waals surface area contributed by atoms with Crippen LogP contribution in [0, 0.1) is 6.92 Å². The maximum Gasteiger partial charge on any atom is 0.241 e. The van der Waals surface area contributed by atoms with Gasteiger partial charge in [0, 0.05) is 39.0 Å². The minimum Gasteiger partial charge on any atom is -0.378 e. The molecule has 0 saturated carbocycles. The molecule has 0 aromatic heterocycles. The molecule has 1 amide bonds. The van der Waals surface area contributed by atoms with Crippen LogP contribution in [-0.2, 0) is 14.3 Å². The molecule has 5 nitrogen and oxygen atoms in total. The SMILES string of the molecule is CCN(C(=O)CN1CC[C@H](OC)[C@]2(CCCO2)C1)c1cccc(C)c1. The summed E-state index contributed by atoms with van der Waals surface area (Å²) in [4.78, 5) is 17.0. The molecule has 25 heavy (non-hydrogen) atoms. The Morgan fingerprint density at radius 3 is 2.96 bits per heavy atom. The van der Waals surface area contributed by atoms with Crippen LogP contribution in [0.2, 0.25) is 0 Å². The molecule has 2 fully saturated rings. The molecule has 0 radical (unpaired) electrons. The van der Waals surface area contributed by atoms with Gasteiger partial charge in [0.25, 0.3) is 0 Å². The summed E-state index contributed by atoms with van der Waals surface area (Å²) in [6, 6.07) is 8.14. The van der Waals surface area contributed by atoms with Crippen molar-refractivity contribution in [1.29, 1.82) is 0 Å². The number of amides is 1. The van der Waals surface area contributed by atoms with Gasteiger partial charge in [0.1, 0.15) is 5.60 Å². The van der Waals surface area contributed by atoms with Crippen molar-refractivity contribution in [2.75, 3.05) is 44.8 Å². The van der Waals surface area contributed by atoms with Gasteiger partial charge in [-0.3, -0.25) is 9.69 Å². The number of likely N-dealkylation sites (N-methyl/N-ethyl adjacent to an activating group) is 1. The Morgan fingerprint density at radius 1 is 1.48 bits per heavy atom. The number of hydrogen-bond donors (Lipinski definition) is 0. The first-order valence-electron chi connectivity index (χ1n) is 9.34. The lowest BCUT2D eigenvalue weighted by atomic mass is 9.87. The zero-order valence-electron chi connectivity index (χ0n) is 15.7. The van der Waals surface area contributed by atoms with Crippen molar-refractivity contribution in [3.8, 4) is 0 Å². The van der Waals surface area contributed by atoms with Crippen LogP contribution in [0.25, 0.3) is 0 Å². The smallest absolute Gasteiger partial charge is 0.241 e. The molecule has 2 saturated heterocycles. The van der Waals surface area contributed by atoms with Crippen LogP contribution in [0.3, 0.4) is 0 Å². The molecule has 2 heterocycles. The van der Waals surface area contributed by atoms with E-state index in [0.29, 0.717) is 13.1 Å². The number of aryl methyl sites for hydroxylation is 1. The van der Waals surface area contributed by atoms with Gasteiger partial charge in [-0.2, -0.15) is 0 Å². The van der Waals surface area contributed by atoms with E-state index in [1.165, 1.54) is 5.56 Å². The summed E-state index contributed by atoms with van der Waals surface area (Å²) >= 11 is 0. The number of anilines is 1. The first-order chi connectivity index (χ1) is 12.1. The second-order valence-electron chi connectivity index (χ2n) is 7.22. The van der Waals surface area contributed by atoms with E-state index in [-0.39, 0.29) is 17.6 Å². The minimum atomic E-state index is -0.229. The van der Waals surface area contributed by atoms with Gasteiger partial charge in [-0.15, -0.1) is 0 Å². The second-order valence-corrected chi connectivity index (χ2v) is 7.22. The lowest BCUT2D eigenvalue weighted by Gasteiger charge is -2.44. The monoisotopic (exact) mass is 346 g/mol. The zero-order chi connectivity index (χ0) is 17.9. The summed E-state index contributed by atoms with van der Waals surface area (Å²) in [7, 11) is 1.77. The van der Waals surface area contributed by atoms with E-state index >= 15 is 0 Å². The minimum absolute atomic E-state index is 0.139. The maximum atomic E-state index is 12.9. The van der Waals surface area contributed by atoms with Gasteiger partial charge in [-0.05, 0) is 50.8 Å². The molecule has 0 bridgehead atoms. The van der Waals surface area contributed by atoms with Crippen LogP contribution in [0.15, 0.2) is 24.3 Å². The summed E-state index contributed by atoms with van der Waals surface area (Å²) in [5.41, 5.74) is 1.92. The Bertz CT molecular complexity index is 598. The zero-order valence-corrected chi connectivity index (χ0v) is 15.7. The average Bonchev–Trinajstić information content (AvgIpc) is 3.04. The quantitative estimate of drug-likeness (QED) is 0.822. The third-order valence-electron chi connectivity index (χ3n) is 5.49. The number of benzene rings is 1. The van der Waals surface area contributed by atoms with Gasteiger partial charge >= 0.3 is 0 Å². The third kappa shape index (κ3) is 3.89. The van der Waals surface area contributed by atoms with Crippen LogP contribution in [0.1, 0.15) is 31.7 Å². The van der Waals surface area contributed by atoms with Gasteiger partial charge in [0.05, 0.1) is 12.6 Å². The summed E-state index contributed by atoms with van der Waals surface area (Å²) in [5, 5.41) is 0. The Balaban J connectivity index is 1.67. The normalized spacial score (nSPS) is 26.9. The van der Waals surface area contributed by atoms with E-state index in [2.05, 4.69) is 24.0 Å². The number of carbonyl (C=O) groups is 1. The standard InChI is InChI=1S/C20H30N2O3/c1-4-22(17-8-5-7-16(2)13-17)19(23)14-21-11-9-18(24-3)20(15-21)10-6-12-25-20/h5,7-8,13,18H,4,6,9-12,14-15H2,1-3H3/t18-,20-/m0/s1. The lowest BCUT2D eigenvalue weighted by Crippen LogP contribution is -2.58. The van der Waals surface area contributed by atoms with Crippen LogP contribution in [-0.4, -0.2) is 62.4 Å². The van der Waals surface area contributed by atoms with Crippen molar-refractivity contribution in [3.63, 3.8) is 0 Å². The molecule has 2 aliphatic heterocycles. The van der Waals surface area contributed by atoms with E-state index in [0.717, 1.165) is 44.6 Å². The predicted octanol–water partition coefficient (Wildman–Crippen LogP) is 2.62. The van der Waals surface area contributed by atoms with Gasteiger partial charge in [-0.25, -0.2) is 0 Å². The van der Waals surface area contributed by atoms with Crippen molar-refractivity contribution in [3.05, 3.63) is 29.8 Å². The molecule has 0 N–H and O–H groups in total. The molecular weight excluding hydrogens is 316 g/mol. The molecule has 138 valence electrons. The van der Waals surface area contributed by atoms with Crippen LogP contribution in [0.4, 0.5) is 5.69 Å². The molecule has 5 heteroatoms. The topological polar surface area (TPSA) is 42.0 Å². The first kappa shape index (κ1) is 18.4. The summed E-state index contributed by atoms with van der Waals surface area (Å²) in [6.07, 6.45) is 3.15. The number of piperidine rings is 1. The highest BCUT2D eigenvalue weighted by Crippen LogP contribution is 2.36. The largest absolute Gasteiger partial charge is 0.378 e. The van der Waals surface area contributed by atoms with Crippen molar-refractivity contribution in [2.24, 2.45) is 0 Å². The van der Waals surface area contributed by atoms with E-state index in [1.807, 2.05) is 24.0 Å². The van der Waals surface area contributed by atoms with Gasteiger partial charge in [0.15, 0.2) is 0 Å². The second kappa shape index (κ2) is 7.85. The first-order valence-corrected chi connectivity index (χ1v) is 9.34. The average molecular weight is 346 g/mol. The number of carbonyl (C=O) groups excluding carboxylic acids is 1. The number of rotatable bonds is 5. The Labute approximate surface area is 150 Å². The highest BCUT2D eigenvalue weighted by atomic mass is 16.5. The molecular formula is C20H30N2O3. The fourth-order valence-corrected chi connectivity index (χ4v) is 4.26. The van der Waals surface area contributed by atoms with Crippen molar-refractivity contribution in [1.82, 2.24) is 4.90 Å². The van der Waals surface area contributed by atoms with Crippen LogP contribution < -0.4 is 4.90 Å². The van der Waals surface area contributed by atoms with E-state index in [4.69, 9.17) is 9.47 Å². The number of likely N-dealkylation sites (tertiary alicyclic amines) is 1. The maximum absolute atomic E-state index is 12.9. The highest BCUT2D eigenvalue weighted by molar-refractivity contribution is 5.94. The summed E-state index contributed by atoms with van der Waals surface area (Å²) in [5.74, 6) is 0.150. The molecule has 0 unspecified atom stereocenters. The van der Waals surface area contributed by atoms with Gasteiger partial charge in [0.2, 0.25) is 5.91 Å². The molecule has 2 aliphatic rings. The van der Waals surface area contributed by atoms with E-state index in [1.54, 1.807) is 7.11 Å². The number of hydrogen-bond acceptors (Lipinski definition) is 4. The molecule has 1 aromatic rings. The molecule has 2 atom stereocenters. The number of methoxy groups -OCH3 is 1. The van der Waals surface area contributed by atoms with Gasteiger partial charge < -0.3 is 14.4 Å². The van der Waals surface area contributed by atoms with Crippen molar-refractivity contribution in [2.45, 2.75) is 44.8 Å². The molecule has 0 aliphatic carbocycles. The lowest BCUT2D eigenvalue weighted by molar-refractivity contribution is -0.147. The van der Waals surface area contributed by atoms with Crippen molar-refractivity contribution < 1.29 is 14.3 Å². The van der Waals surface area contributed by atoms with E-state index in [9.17, 15) is 4.79 Å². The molecule has 3 rings (SSSR count). The fraction of sp³-hybridized carbons (Fsp3) is 0.650. The Kier molecular flexibility index (Phi) is 5.77. The summed E-state index contributed by atoms with van der Waals surface area (Å²) in [6.45, 7) is 7.65. The van der Waals surface area contributed by atoms with Crippen LogP contribution >= 0.6 is 0 Å². The third-order valence-corrected chi connectivity index (χ3v) is 5.49. The van der Waals surface area contributed by atoms with Crippen molar-refractivity contribution >= 4 is 11.6 Å². The number of nitrogens with zero attached hydrogens (tertiary/aromatic N) is 2. The number of ether oxygens (including phenoxy) is 2. The van der Waals surface area contributed by atoms with Crippen LogP contribution in [0.5, 0.6) is 0 Å². The van der Waals surface area contributed by atoms with E-state index < -0.39 is 0 Å². The molecule has 1 spiro atoms. The highest BCUT2D eigenvalue weighted by Gasteiger charge is 2.47.